The molecular formula is C55H94O6. The van der Waals surface area contributed by atoms with E-state index in [0.29, 0.717) is 19.3 Å². The van der Waals surface area contributed by atoms with Crippen molar-refractivity contribution in [2.24, 2.45) is 0 Å². The van der Waals surface area contributed by atoms with Crippen LogP contribution in [0.2, 0.25) is 0 Å². The van der Waals surface area contributed by atoms with Crippen molar-refractivity contribution in [3.63, 3.8) is 0 Å². The molecule has 6 nitrogen and oxygen atoms in total. The van der Waals surface area contributed by atoms with E-state index in [1.54, 1.807) is 0 Å². The van der Waals surface area contributed by atoms with Gasteiger partial charge in [0.25, 0.3) is 0 Å². The van der Waals surface area contributed by atoms with Crippen molar-refractivity contribution in [3.05, 3.63) is 72.9 Å². The Morgan fingerprint density at radius 1 is 0.361 bits per heavy atom. The van der Waals surface area contributed by atoms with E-state index in [1.807, 2.05) is 0 Å². The number of rotatable bonds is 45. The van der Waals surface area contributed by atoms with E-state index < -0.39 is 6.10 Å². The number of hydrogen-bond acceptors (Lipinski definition) is 6. The van der Waals surface area contributed by atoms with Crippen LogP contribution >= 0.6 is 0 Å². The van der Waals surface area contributed by atoms with E-state index in [-0.39, 0.29) is 31.1 Å². The fourth-order valence-electron chi connectivity index (χ4n) is 6.99. The number of ether oxygens (including phenoxy) is 3. The number of allylic oxidation sites excluding steroid dienone is 12. The quantitative estimate of drug-likeness (QED) is 0.0200. The lowest BCUT2D eigenvalue weighted by Crippen LogP contribution is -2.30. The molecule has 0 aromatic carbocycles. The summed E-state index contributed by atoms with van der Waals surface area (Å²) in [6.07, 6.45) is 61.7. The van der Waals surface area contributed by atoms with Gasteiger partial charge in [0, 0.05) is 19.3 Å². The molecule has 0 aromatic rings. The number of hydrogen-bond donors (Lipinski definition) is 0. The normalized spacial score (nSPS) is 12.6. The molecule has 0 saturated heterocycles. The fraction of sp³-hybridized carbons (Fsp3) is 0.727. The minimum atomic E-state index is -0.781. The number of carbonyl (C=O) groups excluding carboxylic acids is 3. The molecule has 0 spiro atoms. The summed E-state index contributed by atoms with van der Waals surface area (Å²) in [5.74, 6) is -0.900. The minimum Gasteiger partial charge on any atom is -0.462 e. The zero-order valence-electron chi connectivity index (χ0n) is 39.9. The van der Waals surface area contributed by atoms with Gasteiger partial charge in [-0.25, -0.2) is 0 Å². The molecule has 350 valence electrons. The third-order valence-corrected chi connectivity index (χ3v) is 10.8. The predicted molar refractivity (Wildman–Crippen MR) is 261 cm³/mol. The molecule has 0 radical (unpaired) electrons. The van der Waals surface area contributed by atoms with Gasteiger partial charge in [-0.1, -0.05) is 222 Å². The van der Waals surface area contributed by atoms with Crippen molar-refractivity contribution in [1.29, 1.82) is 0 Å². The summed E-state index contributed by atoms with van der Waals surface area (Å²) in [6.45, 7) is 6.37. The molecule has 0 bridgehead atoms. The van der Waals surface area contributed by atoms with Crippen LogP contribution in [0.1, 0.15) is 239 Å². The standard InChI is InChI=1S/C55H94O6/c1-4-7-10-13-16-19-21-23-25-26-27-28-30-31-33-36-39-42-45-48-54(57)60-51-52(50-59-53(56)47-44-41-38-35-18-15-12-9-6-3)61-55(58)49-46-43-40-37-34-32-29-24-22-20-17-14-11-8-5-2/h7-8,10-11,14,16-17,19-20,22-23,25,52H,4-6,9,12-13,15,18,21,24,26-51H2,1-3H3/b10-7-,11-8-,17-14-,19-16-,22-20-,25-23-. The monoisotopic (exact) mass is 851 g/mol. The molecule has 0 rings (SSSR count). The number of unbranched alkanes of at least 4 members (excludes halogenated alkanes) is 24. The molecule has 1 atom stereocenters. The van der Waals surface area contributed by atoms with E-state index in [2.05, 4.69) is 93.7 Å². The molecule has 0 aliphatic heterocycles. The van der Waals surface area contributed by atoms with Crippen molar-refractivity contribution < 1.29 is 28.6 Å². The fourth-order valence-corrected chi connectivity index (χ4v) is 6.99. The average molecular weight is 851 g/mol. The summed E-state index contributed by atoms with van der Waals surface area (Å²) in [5, 5.41) is 0. The Morgan fingerprint density at radius 2 is 0.721 bits per heavy atom. The van der Waals surface area contributed by atoms with Crippen LogP contribution < -0.4 is 0 Å². The maximum atomic E-state index is 12.8. The topological polar surface area (TPSA) is 78.9 Å². The summed E-state index contributed by atoms with van der Waals surface area (Å²) < 4.78 is 16.8. The first-order valence-corrected chi connectivity index (χ1v) is 25.5. The van der Waals surface area contributed by atoms with Crippen LogP contribution in [-0.4, -0.2) is 37.2 Å². The SMILES string of the molecule is CC\C=C/C=C\C=C/CCCCCCCCCC(=O)OC(COC(=O)CCCCCCCCCCC)COC(=O)CCCCCCCCCCC/C=C\C/C=C\C/C=C\CC. The van der Waals surface area contributed by atoms with Gasteiger partial charge in [-0.2, -0.15) is 0 Å². The third kappa shape index (κ3) is 47.7. The first-order valence-electron chi connectivity index (χ1n) is 25.5. The summed E-state index contributed by atoms with van der Waals surface area (Å²) in [7, 11) is 0. The third-order valence-electron chi connectivity index (χ3n) is 10.8. The van der Waals surface area contributed by atoms with Crippen LogP contribution in [0.15, 0.2) is 72.9 Å². The van der Waals surface area contributed by atoms with Crippen LogP contribution in [0.25, 0.3) is 0 Å². The predicted octanol–water partition coefficient (Wildman–Crippen LogP) is 16.6. The molecule has 0 aliphatic carbocycles. The van der Waals surface area contributed by atoms with E-state index in [0.717, 1.165) is 89.9 Å². The van der Waals surface area contributed by atoms with Crippen LogP contribution in [0.3, 0.4) is 0 Å². The molecular weight excluding hydrogens is 757 g/mol. The Balaban J connectivity index is 4.32. The number of esters is 3. The highest BCUT2D eigenvalue weighted by molar-refractivity contribution is 5.71. The molecule has 0 heterocycles. The Labute approximate surface area is 376 Å². The summed E-state index contributed by atoms with van der Waals surface area (Å²) >= 11 is 0. The highest BCUT2D eigenvalue weighted by Crippen LogP contribution is 2.15. The first-order chi connectivity index (χ1) is 30.0. The van der Waals surface area contributed by atoms with Gasteiger partial charge in [0.1, 0.15) is 13.2 Å². The molecule has 6 heteroatoms. The van der Waals surface area contributed by atoms with Crippen molar-refractivity contribution in [1.82, 2.24) is 0 Å². The van der Waals surface area contributed by atoms with E-state index in [4.69, 9.17) is 14.2 Å². The molecule has 0 aliphatic rings. The lowest BCUT2D eigenvalue weighted by molar-refractivity contribution is -0.167. The van der Waals surface area contributed by atoms with Crippen molar-refractivity contribution in [3.8, 4) is 0 Å². The van der Waals surface area contributed by atoms with Gasteiger partial charge in [-0.15, -0.1) is 0 Å². The van der Waals surface area contributed by atoms with Crippen LogP contribution in [0.4, 0.5) is 0 Å². The molecule has 0 saturated carbocycles. The maximum Gasteiger partial charge on any atom is 0.306 e. The van der Waals surface area contributed by atoms with Gasteiger partial charge in [-0.3, -0.25) is 14.4 Å². The second kappa shape index (κ2) is 49.5. The molecule has 1 unspecified atom stereocenters. The average Bonchev–Trinajstić information content (AvgIpc) is 3.26. The lowest BCUT2D eigenvalue weighted by Gasteiger charge is -2.18. The molecule has 0 fully saturated rings. The maximum absolute atomic E-state index is 12.8. The zero-order valence-corrected chi connectivity index (χ0v) is 39.9. The zero-order chi connectivity index (χ0) is 44.4. The van der Waals surface area contributed by atoms with E-state index in [1.165, 1.54) is 109 Å². The molecule has 0 N–H and O–H groups in total. The van der Waals surface area contributed by atoms with Crippen molar-refractivity contribution >= 4 is 17.9 Å². The van der Waals surface area contributed by atoms with Gasteiger partial charge in [0.05, 0.1) is 0 Å². The van der Waals surface area contributed by atoms with Gasteiger partial charge in [0.2, 0.25) is 0 Å². The van der Waals surface area contributed by atoms with Crippen molar-refractivity contribution in [2.75, 3.05) is 13.2 Å². The highest BCUT2D eigenvalue weighted by Gasteiger charge is 2.19. The van der Waals surface area contributed by atoms with Gasteiger partial charge < -0.3 is 14.2 Å². The lowest BCUT2D eigenvalue weighted by atomic mass is 10.1. The molecule has 61 heavy (non-hydrogen) atoms. The van der Waals surface area contributed by atoms with Crippen LogP contribution in [0.5, 0.6) is 0 Å². The Hall–Kier alpha value is -3.15. The second-order valence-electron chi connectivity index (χ2n) is 16.7. The summed E-state index contributed by atoms with van der Waals surface area (Å²) in [4.78, 5) is 37.9. The summed E-state index contributed by atoms with van der Waals surface area (Å²) in [5.41, 5.74) is 0. The van der Waals surface area contributed by atoms with Gasteiger partial charge in [0.15, 0.2) is 6.10 Å². The number of carbonyl (C=O) groups is 3. The second-order valence-corrected chi connectivity index (χ2v) is 16.7. The van der Waals surface area contributed by atoms with Crippen molar-refractivity contribution in [2.45, 2.75) is 245 Å². The van der Waals surface area contributed by atoms with E-state index >= 15 is 0 Å². The van der Waals surface area contributed by atoms with E-state index in [9.17, 15) is 14.4 Å². The van der Waals surface area contributed by atoms with Gasteiger partial charge in [-0.05, 0) is 70.6 Å². The highest BCUT2D eigenvalue weighted by atomic mass is 16.6. The molecule has 0 amide bonds. The largest absolute Gasteiger partial charge is 0.462 e. The van der Waals surface area contributed by atoms with Gasteiger partial charge >= 0.3 is 17.9 Å². The Kier molecular flexibility index (Phi) is 46.9. The first kappa shape index (κ1) is 57.9. The summed E-state index contributed by atoms with van der Waals surface area (Å²) in [6, 6.07) is 0. The Morgan fingerprint density at radius 3 is 1.18 bits per heavy atom. The minimum absolute atomic E-state index is 0.0810. The van der Waals surface area contributed by atoms with Crippen LogP contribution in [0, 0.1) is 0 Å². The molecule has 0 aromatic heterocycles. The van der Waals surface area contributed by atoms with Crippen LogP contribution in [-0.2, 0) is 28.6 Å². The smallest absolute Gasteiger partial charge is 0.306 e. The Bertz CT molecular complexity index is 1160.